The summed E-state index contributed by atoms with van der Waals surface area (Å²) in [4.78, 5) is 14.7. The lowest BCUT2D eigenvalue weighted by molar-refractivity contribution is -0.0313. The van der Waals surface area contributed by atoms with Gasteiger partial charge in [-0.15, -0.1) is 0 Å². The molecule has 0 aromatic heterocycles. The maximum absolute atomic E-state index is 12.7. The third-order valence-corrected chi connectivity index (χ3v) is 4.07. The SMILES string of the molecule is CCC1COCC(C)N1C(=O)c1ccc(C(C)C)cc1. The topological polar surface area (TPSA) is 29.5 Å². The average Bonchev–Trinajstić information content (AvgIpc) is 2.46. The largest absolute Gasteiger partial charge is 0.377 e. The number of rotatable bonds is 3. The number of nitrogens with zero attached hydrogens (tertiary/aromatic N) is 1. The third-order valence-electron chi connectivity index (χ3n) is 4.07. The summed E-state index contributed by atoms with van der Waals surface area (Å²) in [6.07, 6.45) is 0.931. The Labute approximate surface area is 121 Å². The first kappa shape index (κ1) is 15.0. The second-order valence-corrected chi connectivity index (χ2v) is 5.94. The summed E-state index contributed by atoms with van der Waals surface area (Å²) in [5.41, 5.74) is 2.05. The van der Waals surface area contributed by atoms with Gasteiger partial charge in [-0.25, -0.2) is 0 Å². The van der Waals surface area contributed by atoms with Crippen molar-refractivity contribution in [3.63, 3.8) is 0 Å². The van der Waals surface area contributed by atoms with Crippen LogP contribution in [0.2, 0.25) is 0 Å². The number of hydrogen-bond acceptors (Lipinski definition) is 2. The summed E-state index contributed by atoms with van der Waals surface area (Å²) in [6, 6.07) is 8.36. The number of morpholine rings is 1. The molecule has 1 saturated heterocycles. The minimum Gasteiger partial charge on any atom is -0.377 e. The van der Waals surface area contributed by atoms with Gasteiger partial charge in [-0.05, 0) is 37.0 Å². The van der Waals surface area contributed by atoms with Gasteiger partial charge in [0.25, 0.3) is 5.91 Å². The highest BCUT2D eigenvalue weighted by molar-refractivity contribution is 5.94. The Bertz CT molecular complexity index is 453. The van der Waals surface area contributed by atoms with Gasteiger partial charge in [0.2, 0.25) is 0 Å². The number of ether oxygens (including phenoxy) is 1. The van der Waals surface area contributed by atoms with Crippen molar-refractivity contribution in [2.24, 2.45) is 0 Å². The first-order chi connectivity index (χ1) is 9.54. The normalized spacial score (nSPS) is 23.1. The van der Waals surface area contributed by atoms with Gasteiger partial charge in [0.1, 0.15) is 0 Å². The summed E-state index contributed by atoms with van der Waals surface area (Å²) in [7, 11) is 0. The van der Waals surface area contributed by atoms with Crippen LogP contribution in [-0.2, 0) is 4.74 Å². The molecule has 2 atom stereocenters. The second kappa shape index (κ2) is 6.40. The zero-order valence-corrected chi connectivity index (χ0v) is 12.9. The molecule has 0 bridgehead atoms. The van der Waals surface area contributed by atoms with Crippen LogP contribution in [-0.4, -0.2) is 36.1 Å². The summed E-state index contributed by atoms with van der Waals surface area (Å²) >= 11 is 0. The Morgan fingerprint density at radius 1 is 1.30 bits per heavy atom. The smallest absolute Gasteiger partial charge is 0.254 e. The monoisotopic (exact) mass is 275 g/mol. The molecule has 3 heteroatoms. The van der Waals surface area contributed by atoms with Gasteiger partial charge in [-0.3, -0.25) is 4.79 Å². The molecule has 1 aliphatic heterocycles. The fraction of sp³-hybridized carbons (Fsp3) is 0.588. The second-order valence-electron chi connectivity index (χ2n) is 5.94. The van der Waals surface area contributed by atoms with Gasteiger partial charge in [-0.2, -0.15) is 0 Å². The van der Waals surface area contributed by atoms with E-state index < -0.39 is 0 Å². The Kier molecular flexibility index (Phi) is 4.81. The van der Waals surface area contributed by atoms with E-state index in [0.29, 0.717) is 19.1 Å². The van der Waals surface area contributed by atoms with Crippen molar-refractivity contribution in [3.8, 4) is 0 Å². The first-order valence-corrected chi connectivity index (χ1v) is 7.55. The van der Waals surface area contributed by atoms with E-state index in [1.54, 1.807) is 0 Å². The van der Waals surface area contributed by atoms with Crippen molar-refractivity contribution < 1.29 is 9.53 Å². The lowest BCUT2D eigenvalue weighted by atomic mass is 10.0. The van der Waals surface area contributed by atoms with Gasteiger partial charge < -0.3 is 9.64 Å². The van der Waals surface area contributed by atoms with Crippen molar-refractivity contribution in [1.82, 2.24) is 4.90 Å². The highest BCUT2D eigenvalue weighted by Crippen LogP contribution is 2.21. The Balaban J connectivity index is 2.20. The average molecular weight is 275 g/mol. The molecule has 2 rings (SSSR count). The Hall–Kier alpha value is -1.35. The molecule has 0 spiro atoms. The van der Waals surface area contributed by atoms with Crippen LogP contribution >= 0.6 is 0 Å². The van der Waals surface area contributed by atoms with Crippen molar-refractivity contribution in [2.75, 3.05) is 13.2 Å². The van der Waals surface area contributed by atoms with Crippen LogP contribution in [0.1, 0.15) is 56.0 Å². The van der Waals surface area contributed by atoms with E-state index >= 15 is 0 Å². The Morgan fingerprint density at radius 2 is 1.95 bits per heavy atom. The maximum atomic E-state index is 12.7. The number of amides is 1. The number of carbonyl (C=O) groups is 1. The molecule has 1 fully saturated rings. The van der Waals surface area contributed by atoms with Crippen LogP contribution in [0.3, 0.4) is 0 Å². The van der Waals surface area contributed by atoms with Gasteiger partial charge in [-0.1, -0.05) is 32.9 Å². The summed E-state index contributed by atoms with van der Waals surface area (Å²) in [5, 5.41) is 0. The van der Waals surface area contributed by atoms with Gasteiger partial charge in [0.05, 0.1) is 25.3 Å². The van der Waals surface area contributed by atoms with Crippen LogP contribution in [0.15, 0.2) is 24.3 Å². The highest BCUT2D eigenvalue weighted by atomic mass is 16.5. The van der Waals surface area contributed by atoms with Gasteiger partial charge in [0.15, 0.2) is 0 Å². The van der Waals surface area contributed by atoms with Crippen LogP contribution in [0.4, 0.5) is 0 Å². The molecule has 0 saturated carbocycles. The Morgan fingerprint density at radius 3 is 2.50 bits per heavy atom. The molecule has 3 nitrogen and oxygen atoms in total. The van der Waals surface area contributed by atoms with Crippen LogP contribution < -0.4 is 0 Å². The van der Waals surface area contributed by atoms with Gasteiger partial charge >= 0.3 is 0 Å². The predicted molar refractivity (Wildman–Crippen MR) is 81.1 cm³/mol. The number of benzene rings is 1. The third kappa shape index (κ3) is 3.04. The minimum absolute atomic E-state index is 0.128. The summed E-state index contributed by atoms with van der Waals surface area (Å²) < 4.78 is 5.56. The molecule has 1 heterocycles. The van der Waals surface area contributed by atoms with E-state index in [1.807, 2.05) is 17.0 Å². The molecule has 0 aliphatic carbocycles. The quantitative estimate of drug-likeness (QED) is 0.845. The molecule has 1 aliphatic rings. The fourth-order valence-electron chi connectivity index (χ4n) is 2.74. The van der Waals surface area contributed by atoms with Crippen molar-refractivity contribution in [3.05, 3.63) is 35.4 Å². The summed E-state index contributed by atoms with van der Waals surface area (Å²) in [5.74, 6) is 0.618. The summed E-state index contributed by atoms with van der Waals surface area (Å²) in [6.45, 7) is 9.77. The van der Waals surface area contributed by atoms with Crippen LogP contribution in [0.5, 0.6) is 0 Å². The molecule has 1 amide bonds. The maximum Gasteiger partial charge on any atom is 0.254 e. The van der Waals surface area contributed by atoms with Crippen LogP contribution in [0.25, 0.3) is 0 Å². The first-order valence-electron chi connectivity index (χ1n) is 7.55. The van der Waals surface area contributed by atoms with E-state index in [0.717, 1.165) is 12.0 Å². The van der Waals surface area contributed by atoms with Crippen molar-refractivity contribution in [1.29, 1.82) is 0 Å². The predicted octanol–water partition coefficient (Wildman–Crippen LogP) is 3.45. The highest BCUT2D eigenvalue weighted by Gasteiger charge is 2.31. The lowest BCUT2D eigenvalue weighted by Crippen LogP contribution is -2.53. The van der Waals surface area contributed by atoms with Crippen molar-refractivity contribution in [2.45, 2.75) is 52.1 Å². The molecule has 20 heavy (non-hydrogen) atoms. The molecule has 2 unspecified atom stereocenters. The lowest BCUT2D eigenvalue weighted by Gasteiger charge is -2.40. The fourth-order valence-corrected chi connectivity index (χ4v) is 2.74. The minimum atomic E-state index is 0.128. The molecule has 0 N–H and O–H groups in total. The van der Waals surface area contributed by atoms with Crippen LogP contribution in [0, 0.1) is 0 Å². The molecular weight excluding hydrogens is 250 g/mol. The zero-order valence-electron chi connectivity index (χ0n) is 12.9. The number of hydrogen-bond donors (Lipinski definition) is 0. The van der Waals surface area contributed by atoms with Gasteiger partial charge in [0, 0.05) is 5.56 Å². The molecular formula is C17H25NO2. The van der Waals surface area contributed by atoms with E-state index in [4.69, 9.17) is 4.74 Å². The van der Waals surface area contributed by atoms with E-state index in [9.17, 15) is 4.79 Å². The standard InChI is InChI=1S/C17H25NO2/c1-5-16-11-20-10-13(4)18(16)17(19)15-8-6-14(7-9-15)12(2)3/h6-9,12-13,16H,5,10-11H2,1-4H3. The molecule has 110 valence electrons. The molecule has 0 radical (unpaired) electrons. The zero-order chi connectivity index (χ0) is 14.7. The van der Waals surface area contributed by atoms with Crippen molar-refractivity contribution >= 4 is 5.91 Å². The molecule has 1 aromatic rings. The molecule has 1 aromatic carbocycles. The van der Waals surface area contributed by atoms with E-state index in [-0.39, 0.29) is 18.0 Å². The van der Waals surface area contributed by atoms with E-state index in [2.05, 4.69) is 39.8 Å². The van der Waals surface area contributed by atoms with E-state index in [1.165, 1.54) is 5.56 Å². The number of carbonyl (C=O) groups excluding carboxylic acids is 1.